The van der Waals surface area contributed by atoms with Gasteiger partial charge in [0.1, 0.15) is 5.84 Å². The Morgan fingerprint density at radius 2 is 1.76 bits per heavy atom. The quantitative estimate of drug-likeness (QED) is 0.399. The number of benzene rings is 2. The van der Waals surface area contributed by atoms with Gasteiger partial charge >= 0.3 is 0 Å². The number of carbonyl (C=O) groups excluding carboxylic acids is 1. The Morgan fingerprint density at radius 1 is 1.14 bits per heavy atom. The Kier molecular flexibility index (Phi) is 4.99. The highest BCUT2D eigenvalue weighted by Crippen LogP contribution is 2.27. The van der Waals surface area contributed by atoms with Crippen molar-refractivity contribution >= 4 is 40.5 Å². The fourth-order valence-corrected chi connectivity index (χ4v) is 2.02. The first-order chi connectivity index (χ1) is 10.0. The number of alkyl halides is 1. The van der Waals surface area contributed by atoms with Gasteiger partial charge in [0.2, 0.25) is 0 Å². The van der Waals surface area contributed by atoms with Crippen molar-refractivity contribution in [1.29, 1.82) is 0 Å². The molecule has 0 aliphatic carbocycles. The fourth-order valence-electron chi connectivity index (χ4n) is 1.80. The van der Waals surface area contributed by atoms with Crippen molar-refractivity contribution in [3.8, 4) is 0 Å². The van der Waals surface area contributed by atoms with Crippen molar-refractivity contribution in [3.63, 3.8) is 0 Å². The van der Waals surface area contributed by atoms with Crippen LogP contribution in [-0.4, -0.2) is 17.5 Å². The summed E-state index contributed by atoms with van der Waals surface area (Å²) in [6, 6.07) is 12.3. The summed E-state index contributed by atoms with van der Waals surface area (Å²) in [5, 5.41) is 0.420. The van der Waals surface area contributed by atoms with Gasteiger partial charge in [-0.15, -0.1) is 11.6 Å². The number of rotatable bonds is 4. The number of nitrogens with zero attached hydrogens (tertiary/aromatic N) is 1. The molecule has 0 amide bonds. The van der Waals surface area contributed by atoms with Crippen LogP contribution in [0.3, 0.4) is 0 Å². The van der Waals surface area contributed by atoms with E-state index in [0.717, 1.165) is 5.56 Å². The van der Waals surface area contributed by atoms with Crippen LogP contribution in [0.2, 0.25) is 5.02 Å². The van der Waals surface area contributed by atoms with Crippen molar-refractivity contribution < 1.29 is 4.79 Å². The molecule has 0 spiro atoms. The molecule has 0 saturated carbocycles. The molecule has 0 unspecified atom stereocenters. The lowest BCUT2D eigenvalue weighted by Crippen LogP contribution is -2.12. The van der Waals surface area contributed by atoms with E-state index in [9.17, 15) is 4.79 Å². The summed E-state index contributed by atoms with van der Waals surface area (Å²) in [4.78, 5) is 16.5. The first-order valence-corrected chi connectivity index (χ1v) is 7.22. The molecule has 0 aliphatic heterocycles. The van der Waals surface area contributed by atoms with Gasteiger partial charge < -0.3 is 5.73 Å². The molecular weight excluding hydrogens is 307 g/mol. The highest BCUT2D eigenvalue weighted by molar-refractivity contribution is 6.33. The SMILES string of the molecule is Cc1ccc(C(=O)c2ccc(Cl)c(N=C(N)CCl)c2)cc1. The Hall–Kier alpha value is -1.84. The van der Waals surface area contributed by atoms with Crippen LogP contribution in [0.1, 0.15) is 21.5 Å². The minimum Gasteiger partial charge on any atom is -0.386 e. The summed E-state index contributed by atoms with van der Waals surface area (Å²) in [5.74, 6) is 0.262. The summed E-state index contributed by atoms with van der Waals surface area (Å²) >= 11 is 11.7. The van der Waals surface area contributed by atoms with Gasteiger partial charge in [0.05, 0.1) is 16.6 Å². The van der Waals surface area contributed by atoms with Gasteiger partial charge in [-0.3, -0.25) is 4.79 Å². The van der Waals surface area contributed by atoms with Crippen LogP contribution >= 0.6 is 23.2 Å². The van der Waals surface area contributed by atoms with Crippen molar-refractivity contribution in [2.24, 2.45) is 10.7 Å². The number of amidine groups is 1. The Balaban J connectivity index is 2.38. The first kappa shape index (κ1) is 15.5. The van der Waals surface area contributed by atoms with Crippen LogP contribution in [0.5, 0.6) is 0 Å². The van der Waals surface area contributed by atoms with E-state index in [-0.39, 0.29) is 17.5 Å². The molecule has 108 valence electrons. The molecule has 0 aliphatic rings. The predicted molar refractivity (Wildman–Crippen MR) is 88.1 cm³/mol. The third kappa shape index (κ3) is 3.84. The van der Waals surface area contributed by atoms with Crippen LogP contribution in [0, 0.1) is 6.92 Å². The normalized spacial score (nSPS) is 11.5. The Morgan fingerprint density at radius 3 is 2.38 bits per heavy atom. The molecule has 0 fully saturated rings. The standard InChI is InChI=1S/C16H14Cl2N2O/c1-10-2-4-11(5-3-10)16(21)12-6-7-13(18)14(8-12)20-15(19)9-17/h2-8H,9H2,1H3,(H2,19,20). The molecule has 2 aromatic rings. The zero-order valence-electron chi connectivity index (χ0n) is 11.4. The molecule has 0 radical (unpaired) electrons. The molecule has 0 bridgehead atoms. The van der Waals surface area contributed by atoms with Crippen molar-refractivity contribution in [1.82, 2.24) is 0 Å². The molecule has 2 N–H and O–H groups in total. The number of hydrogen-bond donors (Lipinski definition) is 1. The summed E-state index contributed by atoms with van der Waals surface area (Å²) in [7, 11) is 0. The van der Waals surface area contributed by atoms with Crippen LogP contribution in [-0.2, 0) is 0 Å². The zero-order valence-corrected chi connectivity index (χ0v) is 12.9. The van der Waals surface area contributed by atoms with Gasteiger partial charge in [0.15, 0.2) is 5.78 Å². The van der Waals surface area contributed by atoms with Crippen molar-refractivity contribution in [2.75, 3.05) is 5.88 Å². The van der Waals surface area contributed by atoms with E-state index in [2.05, 4.69) is 4.99 Å². The number of aryl methyl sites for hydroxylation is 1. The maximum absolute atomic E-state index is 12.4. The van der Waals surface area contributed by atoms with Gasteiger partial charge in [-0.05, 0) is 25.1 Å². The number of nitrogens with two attached hydrogens (primary N) is 1. The third-order valence-electron chi connectivity index (χ3n) is 2.92. The maximum Gasteiger partial charge on any atom is 0.193 e. The van der Waals surface area contributed by atoms with E-state index in [1.54, 1.807) is 30.3 Å². The second-order valence-corrected chi connectivity index (χ2v) is 5.27. The molecule has 0 saturated heterocycles. The number of aliphatic imine (C=N–C) groups is 1. The Bertz CT molecular complexity index is 694. The molecule has 3 nitrogen and oxygen atoms in total. The second kappa shape index (κ2) is 6.74. The topological polar surface area (TPSA) is 55.5 Å². The minimum absolute atomic E-state index is 0.0902. The van der Waals surface area contributed by atoms with Gasteiger partial charge in [-0.25, -0.2) is 4.99 Å². The molecule has 2 aromatic carbocycles. The first-order valence-electron chi connectivity index (χ1n) is 6.31. The van der Waals surface area contributed by atoms with Crippen molar-refractivity contribution in [3.05, 3.63) is 64.2 Å². The smallest absolute Gasteiger partial charge is 0.193 e. The zero-order chi connectivity index (χ0) is 15.4. The number of ketones is 1. The summed E-state index contributed by atoms with van der Waals surface area (Å²) < 4.78 is 0. The van der Waals surface area contributed by atoms with E-state index in [1.165, 1.54) is 0 Å². The third-order valence-corrected chi connectivity index (χ3v) is 3.52. The fraction of sp³-hybridized carbons (Fsp3) is 0.125. The highest BCUT2D eigenvalue weighted by atomic mass is 35.5. The van der Waals surface area contributed by atoms with Gasteiger partial charge in [-0.1, -0.05) is 41.4 Å². The largest absolute Gasteiger partial charge is 0.386 e. The lowest BCUT2D eigenvalue weighted by atomic mass is 10.0. The van der Waals surface area contributed by atoms with Crippen molar-refractivity contribution in [2.45, 2.75) is 6.92 Å². The molecule has 5 heteroatoms. The van der Waals surface area contributed by atoms with Crippen LogP contribution in [0.25, 0.3) is 0 Å². The summed E-state index contributed by atoms with van der Waals surface area (Å²) in [5.41, 5.74) is 8.26. The van der Waals surface area contributed by atoms with Gasteiger partial charge in [0, 0.05) is 11.1 Å². The summed E-state index contributed by atoms with van der Waals surface area (Å²) in [6.45, 7) is 1.97. The number of carbonyl (C=O) groups is 1. The molecular formula is C16H14Cl2N2O. The van der Waals surface area contributed by atoms with E-state index in [1.807, 2.05) is 19.1 Å². The van der Waals surface area contributed by atoms with E-state index in [4.69, 9.17) is 28.9 Å². The maximum atomic E-state index is 12.4. The van der Waals surface area contributed by atoms with Crippen LogP contribution < -0.4 is 5.73 Å². The number of hydrogen-bond acceptors (Lipinski definition) is 2. The average molecular weight is 321 g/mol. The van der Waals surface area contributed by atoms with E-state index in [0.29, 0.717) is 21.8 Å². The Labute approximate surface area is 133 Å². The lowest BCUT2D eigenvalue weighted by Gasteiger charge is -2.05. The van der Waals surface area contributed by atoms with Crippen LogP contribution in [0.4, 0.5) is 5.69 Å². The molecule has 21 heavy (non-hydrogen) atoms. The number of halogens is 2. The molecule has 0 heterocycles. The molecule has 0 atom stereocenters. The van der Waals surface area contributed by atoms with Crippen LogP contribution in [0.15, 0.2) is 47.5 Å². The average Bonchev–Trinajstić information content (AvgIpc) is 2.49. The monoisotopic (exact) mass is 320 g/mol. The van der Waals surface area contributed by atoms with E-state index >= 15 is 0 Å². The second-order valence-electron chi connectivity index (χ2n) is 4.60. The molecule has 0 aromatic heterocycles. The van der Waals surface area contributed by atoms with Gasteiger partial charge in [0.25, 0.3) is 0 Å². The minimum atomic E-state index is -0.0902. The van der Waals surface area contributed by atoms with Gasteiger partial charge in [-0.2, -0.15) is 0 Å². The highest BCUT2D eigenvalue weighted by Gasteiger charge is 2.11. The lowest BCUT2D eigenvalue weighted by molar-refractivity contribution is 0.103. The summed E-state index contributed by atoms with van der Waals surface area (Å²) in [6.07, 6.45) is 0. The predicted octanol–water partition coefficient (Wildman–Crippen LogP) is 4.11. The molecule has 2 rings (SSSR count). The van der Waals surface area contributed by atoms with E-state index < -0.39 is 0 Å².